The summed E-state index contributed by atoms with van der Waals surface area (Å²) in [4.78, 5) is 25.5. The zero-order valence-electron chi connectivity index (χ0n) is 19.3. The van der Waals surface area contributed by atoms with Crippen LogP contribution in [0.3, 0.4) is 0 Å². The first-order valence-electron chi connectivity index (χ1n) is 11.0. The summed E-state index contributed by atoms with van der Waals surface area (Å²) in [5, 5.41) is 1.58. The van der Waals surface area contributed by atoms with Gasteiger partial charge in [0.2, 0.25) is 0 Å². The van der Waals surface area contributed by atoms with Crippen molar-refractivity contribution in [1.29, 1.82) is 0 Å². The smallest absolute Gasteiger partial charge is 0.270 e. The summed E-state index contributed by atoms with van der Waals surface area (Å²) in [5.74, 6) is -0.779. The van der Waals surface area contributed by atoms with Crippen molar-refractivity contribution in [2.75, 3.05) is 14.2 Å². The number of fused-ring (bicyclic) bond motifs is 1. The summed E-state index contributed by atoms with van der Waals surface area (Å²) in [6, 6.07) is 20.8. The van der Waals surface area contributed by atoms with Crippen LogP contribution in [0.2, 0.25) is 0 Å². The lowest BCUT2D eigenvalue weighted by atomic mass is 9.98. The molecule has 0 heterocycles. The highest BCUT2D eigenvalue weighted by Gasteiger charge is 2.17. The normalized spacial score (nSPS) is 11.6. The Kier molecular flexibility index (Phi) is 8.75. The first-order chi connectivity index (χ1) is 16.1. The molecule has 3 aromatic carbocycles. The van der Waals surface area contributed by atoms with E-state index in [-0.39, 0.29) is 5.91 Å². The minimum atomic E-state index is -0.545. The lowest BCUT2D eigenvalue weighted by molar-refractivity contribution is -0.117. The Bertz CT molecular complexity index is 1120. The van der Waals surface area contributed by atoms with E-state index in [4.69, 9.17) is 9.47 Å². The second-order valence-electron chi connectivity index (χ2n) is 7.63. The van der Waals surface area contributed by atoms with Gasteiger partial charge in [-0.05, 0) is 40.8 Å². The van der Waals surface area contributed by atoms with Gasteiger partial charge in [-0.2, -0.15) is 0 Å². The maximum Gasteiger partial charge on any atom is 0.270 e. The number of hydrogen-bond acceptors (Lipinski definition) is 4. The minimum Gasteiger partial charge on any atom is -0.352 e. The molecule has 6 heteroatoms. The summed E-state index contributed by atoms with van der Waals surface area (Å²) in [5.41, 5.74) is 8.25. The van der Waals surface area contributed by atoms with Crippen LogP contribution in [0.5, 0.6) is 0 Å². The minimum absolute atomic E-state index is 0.377. The molecule has 2 amide bonds. The quantitative estimate of drug-likeness (QED) is 0.270. The molecule has 0 fully saturated rings. The molecule has 0 aliphatic heterocycles. The molecule has 172 valence electrons. The molecule has 0 bridgehead atoms. The third kappa shape index (κ3) is 6.06. The molecule has 0 radical (unpaired) electrons. The molecular weight excluding hydrogens is 416 g/mol. The zero-order valence-corrected chi connectivity index (χ0v) is 19.3. The molecule has 2 N–H and O–H groups in total. The van der Waals surface area contributed by atoms with Crippen LogP contribution in [0, 0.1) is 0 Å². The number of carbonyl (C=O) groups is 2. The average Bonchev–Trinajstić information content (AvgIpc) is 2.86. The molecule has 33 heavy (non-hydrogen) atoms. The van der Waals surface area contributed by atoms with Crippen LogP contribution in [-0.4, -0.2) is 26.0 Å². The number of ether oxygens (including phenoxy) is 2. The molecule has 3 aromatic rings. The molecule has 0 unspecified atom stereocenters. The Balaban J connectivity index is 1.78. The number of rotatable bonds is 9. The first-order valence-corrected chi connectivity index (χ1v) is 11.0. The molecule has 0 aliphatic carbocycles. The van der Waals surface area contributed by atoms with Crippen LogP contribution >= 0.6 is 0 Å². The van der Waals surface area contributed by atoms with Gasteiger partial charge in [-0.25, -0.2) is 0 Å². The van der Waals surface area contributed by atoms with Crippen LogP contribution in [0.15, 0.2) is 72.8 Å². The van der Waals surface area contributed by atoms with Gasteiger partial charge in [-0.15, -0.1) is 0 Å². The van der Waals surface area contributed by atoms with Crippen molar-refractivity contribution in [2.45, 2.75) is 32.5 Å². The number of hydrazine groups is 1. The summed E-state index contributed by atoms with van der Waals surface area (Å²) in [7, 11) is 3.13. The van der Waals surface area contributed by atoms with E-state index in [1.54, 1.807) is 32.4 Å². The lowest BCUT2D eigenvalue weighted by Gasteiger charge is -2.17. The van der Waals surface area contributed by atoms with Gasteiger partial charge in [0.1, 0.15) is 0 Å². The average molecular weight is 447 g/mol. The largest absolute Gasteiger partial charge is 0.352 e. The summed E-state index contributed by atoms with van der Waals surface area (Å²) in [6.07, 6.45) is 3.79. The molecule has 0 spiro atoms. The maximum absolute atomic E-state index is 12.9. The fourth-order valence-corrected chi connectivity index (χ4v) is 3.78. The van der Waals surface area contributed by atoms with Crippen molar-refractivity contribution in [3.63, 3.8) is 0 Å². The van der Waals surface area contributed by atoms with E-state index < -0.39 is 12.2 Å². The number of benzene rings is 3. The van der Waals surface area contributed by atoms with E-state index >= 15 is 0 Å². The number of carbonyl (C=O) groups excluding carboxylic acids is 2. The van der Waals surface area contributed by atoms with E-state index in [0.29, 0.717) is 5.56 Å². The third-order valence-electron chi connectivity index (χ3n) is 5.43. The molecule has 0 aliphatic rings. The lowest BCUT2D eigenvalue weighted by Crippen LogP contribution is -2.41. The molecule has 0 atom stereocenters. The van der Waals surface area contributed by atoms with Gasteiger partial charge in [0, 0.05) is 31.4 Å². The molecule has 3 rings (SSSR count). The van der Waals surface area contributed by atoms with Crippen LogP contribution in [0.4, 0.5) is 0 Å². The van der Waals surface area contributed by atoms with Crippen molar-refractivity contribution in [2.24, 2.45) is 0 Å². The second-order valence-corrected chi connectivity index (χ2v) is 7.63. The van der Waals surface area contributed by atoms with E-state index in [2.05, 4.69) is 17.8 Å². The van der Waals surface area contributed by atoms with Crippen molar-refractivity contribution in [3.8, 4) is 0 Å². The molecule has 6 nitrogen and oxygen atoms in total. The van der Waals surface area contributed by atoms with Gasteiger partial charge in [0.25, 0.3) is 11.8 Å². The van der Waals surface area contributed by atoms with Crippen LogP contribution < -0.4 is 10.9 Å². The topological polar surface area (TPSA) is 76.7 Å². The Morgan fingerprint density at radius 3 is 2.21 bits per heavy atom. The Labute approximate surface area is 194 Å². The number of hydrogen-bond donors (Lipinski definition) is 2. The SMILES string of the molecule is CCCC/C(=C\C(=O)NNC(=O)c1ccc(C(OC)OC)c2ccccc12)c1ccccc1. The maximum atomic E-state index is 12.9. The molecule has 0 aromatic heterocycles. The summed E-state index contributed by atoms with van der Waals surface area (Å²) < 4.78 is 10.8. The van der Waals surface area contributed by atoms with E-state index in [1.165, 1.54) is 0 Å². The highest BCUT2D eigenvalue weighted by atomic mass is 16.7. The van der Waals surface area contributed by atoms with E-state index in [0.717, 1.165) is 46.7 Å². The molecular formula is C27H30N2O4. The van der Waals surface area contributed by atoms with Crippen LogP contribution in [0.25, 0.3) is 16.3 Å². The first kappa shape index (κ1) is 24.2. The van der Waals surface area contributed by atoms with Crippen molar-refractivity contribution >= 4 is 28.2 Å². The van der Waals surface area contributed by atoms with Gasteiger partial charge >= 0.3 is 0 Å². The highest BCUT2D eigenvalue weighted by Crippen LogP contribution is 2.29. The monoisotopic (exact) mass is 446 g/mol. The zero-order chi connectivity index (χ0) is 23.6. The van der Waals surface area contributed by atoms with Gasteiger partial charge in [-0.3, -0.25) is 20.4 Å². The molecule has 0 saturated carbocycles. The summed E-state index contributed by atoms with van der Waals surface area (Å²) >= 11 is 0. The van der Waals surface area contributed by atoms with Crippen molar-refractivity contribution < 1.29 is 19.1 Å². The standard InChI is InChI=1S/C27H30N2O4/c1-4-5-11-20(19-12-7-6-8-13-19)18-25(30)28-29-26(31)23-16-17-24(27(32-2)33-3)22-15-10-9-14-21(22)23/h6-10,12-18,27H,4-5,11H2,1-3H3,(H,28,30)(H,29,31)/b20-18+. The Hall–Kier alpha value is -3.48. The van der Waals surface area contributed by atoms with Crippen LogP contribution in [-0.2, 0) is 14.3 Å². The highest BCUT2D eigenvalue weighted by molar-refractivity contribution is 6.08. The summed E-state index contributed by atoms with van der Waals surface area (Å²) in [6.45, 7) is 2.11. The number of amides is 2. The number of unbranched alkanes of at least 4 members (excludes halogenated alkanes) is 1. The van der Waals surface area contributed by atoms with Gasteiger partial charge in [0.15, 0.2) is 6.29 Å². The third-order valence-corrected chi connectivity index (χ3v) is 5.43. The van der Waals surface area contributed by atoms with E-state index in [1.807, 2.05) is 54.6 Å². The second kappa shape index (κ2) is 11.9. The Morgan fingerprint density at radius 1 is 0.879 bits per heavy atom. The number of allylic oxidation sites excluding steroid dienone is 1. The Morgan fingerprint density at radius 2 is 1.55 bits per heavy atom. The number of methoxy groups -OCH3 is 2. The fourth-order valence-electron chi connectivity index (χ4n) is 3.78. The van der Waals surface area contributed by atoms with Crippen LogP contribution in [0.1, 0.15) is 54.0 Å². The van der Waals surface area contributed by atoms with Crippen molar-refractivity contribution in [3.05, 3.63) is 89.5 Å². The predicted molar refractivity (Wildman–Crippen MR) is 130 cm³/mol. The predicted octanol–water partition coefficient (Wildman–Crippen LogP) is 5.17. The number of nitrogens with one attached hydrogen (secondary N) is 2. The van der Waals surface area contributed by atoms with Gasteiger partial charge < -0.3 is 9.47 Å². The van der Waals surface area contributed by atoms with Gasteiger partial charge in [0.05, 0.1) is 0 Å². The fraction of sp³-hybridized carbons (Fsp3) is 0.259. The van der Waals surface area contributed by atoms with Gasteiger partial charge in [-0.1, -0.05) is 74.0 Å². The van der Waals surface area contributed by atoms with E-state index in [9.17, 15) is 9.59 Å². The van der Waals surface area contributed by atoms with Crippen molar-refractivity contribution in [1.82, 2.24) is 10.9 Å². The molecule has 0 saturated heterocycles.